The molecule has 0 atom stereocenters. The zero-order valence-electron chi connectivity index (χ0n) is 12.6. The largest absolute Gasteiger partial charge is 0.311 e. The van der Waals surface area contributed by atoms with Gasteiger partial charge in [0.25, 0.3) is 0 Å². The Morgan fingerprint density at radius 2 is 2.14 bits per heavy atom. The Hall–Kier alpha value is -1.17. The van der Waals surface area contributed by atoms with E-state index in [0.29, 0.717) is 6.54 Å². The maximum absolute atomic E-state index is 12.6. The van der Waals surface area contributed by atoms with E-state index in [9.17, 15) is 4.79 Å². The summed E-state index contributed by atoms with van der Waals surface area (Å²) in [6.45, 7) is 2.08. The van der Waals surface area contributed by atoms with Gasteiger partial charge in [-0.3, -0.25) is 9.69 Å². The number of nitrogens with zero attached hydrogens (tertiary/aromatic N) is 2. The first kappa shape index (κ1) is 15.7. The maximum atomic E-state index is 12.6. The number of carbonyl (C=O) groups is 1. The van der Waals surface area contributed by atoms with Crippen molar-refractivity contribution >= 4 is 38.9 Å². The molecule has 0 bridgehead atoms. The normalized spacial score (nSPS) is 14.2. The van der Waals surface area contributed by atoms with Crippen molar-refractivity contribution in [2.45, 2.75) is 19.4 Å². The molecule has 1 aromatic heterocycles. The van der Waals surface area contributed by atoms with Crippen molar-refractivity contribution in [3.05, 3.63) is 50.6 Å². The SMILES string of the molecule is CN(CC(=O)N1CCCc2ccccc21)Cc1ccc(Br)s1. The number of likely N-dealkylation sites (N-methyl/N-ethyl adjacent to an activating group) is 1. The van der Waals surface area contributed by atoms with E-state index in [1.54, 1.807) is 11.3 Å². The molecule has 3 nitrogen and oxygen atoms in total. The molecule has 1 aromatic carbocycles. The standard InChI is InChI=1S/C17H19BrN2OS/c1-19(11-14-8-9-16(18)22-14)12-17(21)20-10-4-6-13-5-2-3-7-15(13)20/h2-3,5,7-9H,4,6,10-12H2,1H3. The van der Waals surface area contributed by atoms with Gasteiger partial charge in [0.1, 0.15) is 0 Å². The number of rotatable bonds is 4. The minimum atomic E-state index is 0.185. The monoisotopic (exact) mass is 378 g/mol. The summed E-state index contributed by atoms with van der Waals surface area (Å²) in [5.74, 6) is 0.185. The molecular weight excluding hydrogens is 360 g/mol. The molecule has 0 fully saturated rings. The lowest BCUT2D eigenvalue weighted by atomic mass is 10.0. The van der Waals surface area contributed by atoms with E-state index in [1.165, 1.54) is 10.4 Å². The number of para-hydroxylation sites is 1. The lowest BCUT2D eigenvalue weighted by Crippen LogP contribution is -2.41. The van der Waals surface area contributed by atoms with Crippen molar-refractivity contribution in [1.29, 1.82) is 0 Å². The first-order valence-electron chi connectivity index (χ1n) is 7.44. The number of halogens is 1. The predicted molar refractivity (Wildman–Crippen MR) is 95.5 cm³/mol. The highest BCUT2D eigenvalue weighted by molar-refractivity contribution is 9.11. The summed E-state index contributed by atoms with van der Waals surface area (Å²) < 4.78 is 1.13. The van der Waals surface area contributed by atoms with Crippen LogP contribution in [0.1, 0.15) is 16.9 Å². The van der Waals surface area contributed by atoms with Gasteiger partial charge in [-0.05, 0) is 59.6 Å². The molecule has 0 saturated carbocycles. The number of amides is 1. The third-order valence-corrected chi connectivity index (χ3v) is 5.48. The Labute approximate surface area is 143 Å². The fourth-order valence-electron chi connectivity index (χ4n) is 2.87. The number of carbonyl (C=O) groups excluding carboxylic acids is 1. The van der Waals surface area contributed by atoms with Crippen molar-refractivity contribution in [2.24, 2.45) is 0 Å². The van der Waals surface area contributed by atoms with Gasteiger partial charge < -0.3 is 4.90 Å². The van der Waals surface area contributed by atoms with Gasteiger partial charge in [-0.25, -0.2) is 0 Å². The van der Waals surface area contributed by atoms with Gasteiger partial charge in [0, 0.05) is 23.7 Å². The Morgan fingerprint density at radius 1 is 1.32 bits per heavy atom. The average molecular weight is 379 g/mol. The quantitative estimate of drug-likeness (QED) is 0.804. The number of hydrogen-bond acceptors (Lipinski definition) is 3. The second kappa shape index (κ2) is 6.94. The molecule has 1 aliphatic rings. The molecule has 116 valence electrons. The molecule has 22 heavy (non-hydrogen) atoms. The number of hydrogen-bond donors (Lipinski definition) is 0. The van der Waals surface area contributed by atoms with Crippen LogP contribution in [0.4, 0.5) is 5.69 Å². The highest BCUT2D eigenvalue weighted by Gasteiger charge is 2.22. The Bertz CT molecular complexity index is 670. The van der Waals surface area contributed by atoms with Crippen LogP contribution in [0.2, 0.25) is 0 Å². The van der Waals surface area contributed by atoms with Crippen LogP contribution >= 0.6 is 27.3 Å². The van der Waals surface area contributed by atoms with E-state index in [4.69, 9.17) is 0 Å². The number of anilines is 1. The van der Waals surface area contributed by atoms with Gasteiger partial charge in [-0.15, -0.1) is 11.3 Å². The van der Waals surface area contributed by atoms with Crippen LogP contribution in [0.15, 0.2) is 40.2 Å². The van der Waals surface area contributed by atoms with Crippen molar-refractivity contribution in [3.8, 4) is 0 Å². The molecule has 0 saturated heterocycles. The Balaban J connectivity index is 1.65. The lowest BCUT2D eigenvalue weighted by molar-refractivity contribution is -0.119. The zero-order valence-corrected chi connectivity index (χ0v) is 15.0. The maximum Gasteiger partial charge on any atom is 0.241 e. The van der Waals surface area contributed by atoms with Gasteiger partial charge in [0.05, 0.1) is 10.3 Å². The van der Waals surface area contributed by atoms with Crippen LogP contribution in [-0.4, -0.2) is 30.9 Å². The fraction of sp³-hybridized carbons (Fsp3) is 0.353. The highest BCUT2D eigenvalue weighted by atomic mass is 79.9. The molecular formula is C17H19BrN2OS. The Kier molecular flexibility index (Phi) is 4.96. The summed E-state index contributed by atoms with van der Waals surface area (Å²) in [5, 5.41) is 0. The van der Waals surface area contributed by atoms with Crippen LogP contribution in [0.3, 0.4) is 0 Å². The molecule has 0 radical (unpaired) electrons. The van der Waals surface area contributed by atoms with Crippen LogP contribution in [0.25, 0.3) is 0 Å². The summed E-state index contributed by atoms with van der Waals surface area (Å²) in [6.07, 6.45) is 2.11. The second-order valence-corrected chi connectivity index (χ2v) is 8.20. The Morgan fingerprint density at radius 3 is 2.91 bits per heavy atom. The van der Waals surface area contributed by atoms with Gasteiger partial charge in [-0.2, -0.15) is 0 Å². The van der Waals surface area contributed by atoms with E-state index in [0.717, 1.165) is 35.4 Å². The minimum absolute atomic E-state index is 0.185. The smallest absolute Gasteiger partial charge is 0.241 e. The molecule has 0 spiro atoms. The zero-order chi connectivity index (χ0) is 15.5. The molecule has 1 amide bonds. The van der Waals surface area contributed by atoms with Crippen LogP contribution in [-0.2, 0) is 17.8 Å². The average Bonchev–Trinajstić information content (AvgIpc) is 2.91. The summed E-state index contributed by atoms with van der Waals surface area (Å²) in [4.78, 5) is 17.9. The summed E-state index contributed by atoms with van der Waals surface area (Å²) in [5.41, 5.74) is 2.37. The topological polar surface area (TPSA) is 23.6 Å². The molecule has 5 heteroatoms. The molecule has 3 rings (SSSR count). The van der Waals surface area contributed by atoms with E-state index in [2.05, 4.69) is 45.1 Å². The van der Waals surface area contributed by atoms with E-state index < -0.39 is 0 Å². The molecule has 0 aliphatic carbocycles. The summed E-state index contributed by atoms with van der Waals surface area (Å²) in [7, 11) is 2.00. The highest BCUT2D eigenvalue weighted by Crippen LogP contribution is 2.27. The number of thiophene rings is 1. The minimum Gasteiger partial charge on any atom is -0.311 e. The predicted octanol–water partition coefficient (Wildman–Crippen LogP) is 3.92. The molecule has 2 aromatic rings. The number of fused-ring (bicyclic) bond motifs is 1. The second-order valence-electron chi connectivity index (χ2n) is 5.66. The van der Waals surface area contributed by atoms with Crippen molar-refractivity contribution in [2.75, 3.05) is 25.0 Å². The number of benzene rings is 1. The van der Waals surface area contributed by atoms with Crippen LogP contribution in [0, 0.1) is 0 Å². The first-order valence-corrected chi connectivity index (χ1v) is 9.05. The summed E-state index contributed by atoms with van der Waals surface area (Å²) >= 11 is 5.20. The van der Waals surface area contributed by atoms with Crippen molar-refractivity contribution < 1.29 is 4.79 Å². The van der Waals surface area contributed by atoms with E-state index in [-0.39, 0.29) is 5.91 Å². The van der Waals surface area contributed by atoms with Gasteiger partial charge in [0.2, 0.25) is 5.91 Å². The van der Waals surface area contributed by atoms with Crippen LogP contribution < -0.4 is 4.90 Å². The van der Waals surface area contributed by atoms with E-state index >= 15 is 0 Å². The first-order chi connectivity index (χ1) is 10.6. The van der Waals surface area contributed by atoms with Crippen molar-refractivity contribution in [3.63, 3.8) is 0 Å². The van der Waals surface area contributed by atoms with Gasteiger partial charge in [-0.1, -0.05) is 18.2 Å². The fourth-order valence-corrected chi connectivity index (χ4v) is 4.43. The van der Waals surface area contributed by atoms with E-state index in [1.807, 2.05) is 24.1 Å². The van der Waals surface area contributed by atoms with Crippen molar-refractivity contribution in [1.82, 2.24) is 4.90 Å². The molecule has 0 unspecified atom stereocenters. The molecule has 0 N–H and O–H groups in total. The molecule has 1 aliphatic heterocycles. The summed E-state index contributed by atoms with van der Waals surface area (Å²) in [6, 6.07) is 12.4. The number of aryl methyl sites for hydroxylation is 1. The lowest BCUT2D eigenvalue weighted by Gasteiger charge is -2.30. The van der Waals surface area contributed by atoms with Crippen LogP contribution in [0.5, 0.6) is 0 Å². The third-order valence-electron chi connectivity index (χ3n) is 3.87. The van der Waals surface area contributed by atoms with Gasteiger partial charge in [0.15, 0.2) is 0 Å². The van der Waals surface area contributed by atoms with Gasteiger partial charge >= 0.3 is 0 Å². The third kappa shape index (κ3) is 3.59. The molecule has 2 heterocycles.